The van der Waals surface area contributed by atoms with Crippen LogP contribution < -0.4 is 10.0 Å². The van der Waals surface area contributed by atoms with Crippen LogP contribution in [0.5, 0.6) is 0 Å². The number of aryl methyl sites for hydroxylation is 2. The molecule has 4 rings (SSSR count). The van der Waals surface area contributed by atoms with E-state index >= 15 is 0 Å². The molecule has 0 unspecified atom stereocenters. The molecule has 142 valence electrons. The quantitative estimate of drug-likeness (QED) is 0.797. The Bertz CT molecular complexity index is 799. The second-order valence-electron chi connectivity index (χ2n) is 7.82. The Morgan fingerprint density at radius 3 is 2.31 bits per heavy atom. The predicted molar refractivity (Wildman–Crippen MR) is 102 cm³/mol. The van der Waals surface area contributed by atoms with Crippen LogP contribution in [0, 0.1) is 0 Å². The Balaban J connectivity index is 1.43. The van der Waals surface area contributed by atoms with Gasteiger partial charge in [0.05, 0.1) is 5.75 Å². The zero-order valence-corrected chi connectivity index (χ0v) is 16.1. The highest BCUT2D eigenvalue weighted by atomic mass is 32.2. The average molecular weight is 378 g/mol. The number of rotatable bonds is 6. The van der Waals surface area contributed by atoms with E-state index in [1.165, 1.54) is 22.3 Å². The van der Waals surface area contributed by atoms with Gasteiger partial charge in [0.1, 0.15) is 0 Å². The molecule has 3 aliphatic carbocycles. The Hall–Kier alpha value is -1.60. The van der Waals surface area contributed by atoms with Crippen LogP contribution in [-0.4, -0.2) is 44.7 Å². The molecule has 0 spiro atoms. The molecular formula is C19H27N3O3S. The van der Waals surface area contributed by atoms with Crippen LogP contribution >= 0.6 is 0 Å². The minimum atomic E-state index is -3.63. The Morgan fingerprint density at radius 1 is 1.12 bits per heavy atom. The number of benzene rings is 1. The maximum Gasteiger partial charge on any atom is 0.332 e. The van der Waals surface area contributed by atoms with Crippen molar-refractivity contribution < 1.29 is 13.2 Å². The second kappa shape index (κ2) is 6.85. The summed E-state index contributed by atoms with van der Waals surface area (Å²) in [5.41, 5.74) is 5.90. The third-order valence-electron chi connectivity index (χ3n) is 5.84. The first-order valence-corrected chi connectivity index (χ1v) is 11.3. The molecule has 0 atom stereocenters. The van der Waals surface area contributed by atoms with Crippen LogP contribution in [0.2, 0.25) is 0 Å². The van der Waals surface area contributed by atoms with Crippen LogP contribution in [0.3, 0.4) is 0 Å². The van der Waals surface area contributed by atoms with Gasteiger partial charge in [0.2, 0.25) is 10.0 Å². The minimum absolute atomic E-state index is 0.0571. The van der Waals surface area contributed by atoms with Crippen LogP contribution in [0.15, 0.2) is 6.07 Å². The third kappa shape index (κ3) is 3.74. The standard InChI is InChI=1S/C19H27N3O3S/c1-22(15-8-9-15)10-11-26(24,25)21-19(23)20-18-16-6-2-4-13(16)12-14-5-3-7-17(14)18/h12,15H,2-11H2,1H3,(H2,20,21,23). The van der Waals surface area contributed by atoms with Crippen molar-refractivity contribution in [1.82, 2.24) is 9.62 Å². The topological polar surface area (TPSA) is 78.5 Å². The summed E-state index contributed by atoms with van der Waals surface area (Å²) in [5, 5.41) is 2.88. The number of hydrogen-bond acceptors (Lipinski definition) is 4. The number of anilines is 1. The molecule has 0 heterocycles. The summed E-state index contributed by atoms with van der Waals surface area (Å²) in [4.78, 5) is 14.5. The largest absolute Gasteiger partial charge is 0.332 e. The molecule has 0 aliphatic heterocycles. The van der Waals surface area contributed by atoms with Crippen LogP contribution in [-0.2, 0) is 35.7 Å². The van der Waals surface area contributed by atoms with Crippen molar-refractivity contribution in [3.05, 3.63) is 28.3 Å². The summed E-state index contributed by atoms with van der Waals surface area (Å²) in [5.74, 6) is -0.0571. The van der Waals surface area contributed by atoms with E-state index in [0.29, 0.717) is 12.6 Å². The molecule has 2 N–H and O–H groups in total. The normalized spacial score (nSPS) is 18.7. The lowest BCUT2D eigenvalue weighted by Crippen LogP contribution is -2.39. The Labute approximate surface area is 155 Å². The molecule has 1 aromatic carbocycles. The monoisotopic (exact) mass is 377 g/mol. The van der Waals surface area contributed by atoms with Crippen molar-refractivity contribution >= 4 is 21.7 Å². The Kier molecular flexibility index (Phi) is 4.69. The van der Waals surface area contributed by atoms with Gasteiger partial charge in [-0.15, -0.1) is 0 Å². The van der Waals surface area contributed by atoms with Gasteiger partial charge < -0.3 is 10.2 Å². The van der Waals surface area contributed by atoms with Gasteiger partial charge in [0.25, 0.3) is 0 Å². The zero-order chi connectivity index (χ0) is 18.3. The highest BCUT2D eigenvalue weighted by Gasteiger charge is 2.28. The second-order valence-corrected chi connectivity index (χ2v) is 9.66. The molecule has 0 bridgehead atoms. The van der Waals surface area contributed by atoms with Crippen molar-refractivity contribution in [3.63, 3.8) is 0 Å². The number of amides is 2. The van der Waals surface area contributed by atoms with E-state index in [1.54, 1.807) is 0 Å². The summed E-state index contributed by atoms with van der Waals surface area (Å²) in [6.45, 7) is 0.448. The lowest BCUT2D eigenvalue weighted by Gasteiger charge is -2.18. The lowest BCUT2D eigenvalue weighted by atomic mass is 9.99. The number of nitrogens with one attached hydrogen (secondary N) is 2. The maximum atomic E-state index is 12.4. The van der Waals surface area contributed by atoms with Gasteiger partial charge in [-0.2, -0.15) is 0 Å². The molecule has 0 radical (unpaired) electrons. The third-order valence-corrected chi connectivity index (χ3v) is 7.06. The zero-order valence-electron chi connectivity index (χ0n) is 15.3. The number of urea groups is 1. The molecule has 3 aliphatic rings. The van der Waals surface area contributed by atoms with Crippen molar-refractivity contribution in [3.8, 4) is 0 Å². The number of nitrogens with zero attached hydrogens (tertiary/aromatic N) is 1. The fourth-order valence-corrected chi connectivity index (χ4v) is 5.22. The van der Waals surface area contributed by atoms with Crippen LogP contribution in [0.1, 0.15) is 47.9 Å². The fourth-order valence-electron chi connectivity index (χ4n) is 4.26. The van der Waals surface area contributed by atoms with Gasteiger partial charge in [-0.3, -0.25) is 0 Å². The number of hydrogen-bond donors (Lipinski definition) is 2. The lowest BCUT2D eigenvalue weighted by molar-refractivity contribution is 0.256. The van der Waals surface area contributed by atoms with Gasteiger partial charge >= 0.3 is 6.03 Å². The van der Waals surface area contributed by atoms with Crippen LogP contribution in [0.4, 0.5) is 10.5 Å². The number of sulfonamides is 1. The van der Waals surface area contributed by atoms with Crippen molar-refractivity contribution in [2.24, 2.45) is 0 Å². The van der Waals surface area contributed by atoms with Gasteiger partial charge in [0, 0.05) is 18.3 Å². The highest BCUT2D eigenvalue weighted by molar-refractivity contribution is 7.90. The van der Waals surface area contributed by atoms with Gasteiger partial charge in [0.15, 0.2) is 0 Å². The highest BCUT2D eigenvalue weighted by Crippen LogP contribution is 2.38. The first-order valence-electron chi connectivity index (χ1n) is 9.61. The molecule has 26 heavy (non-hydrogen) atoms. The molecule has 2 amide bonds. The predicted octanol–water partition coefficient (Wildman–Crippen LogP) is 2.21. The molecule has 1 saturated carbocycles. The first-order chi connectivity index (χ1) is 12.4. The van der Waals surface area contributed by atoms with Crippen LogP contribution in [0.25, 0.3) is 0 Å². The van der Waals surface area contributed by atoms with E-state index in [4.69, 9.17) is 0 Å². The molecular weight excluding hydrogens is 350 g/mol. The number of carbonyl (C=O) groups excluding carboxylic acids is 1. The molecule has 7 heteroatoms. The Morgan fingerprint density at radius 2 is 1.73 bits per heavy atom. The number of fused-ring (bicyclic) bond motifs is 2. The van der Waals surface area contributed by atoms with Gasteiger partial charge in [-0.05, 0) is 80.7 Å². The van der Waals surface area contributed by atoms with Crippen molar-refractivity contribution in [2.75, 3.05) is 24.7 Å². The molecule has 0 saturated heterocycles. The van der Waals surface area contributed by atoms with E-state index in [2.05, 4.69) is 16.1 Å². The van der Waals surface area contributed by atoms with Crippen molar-refractivity contribution in [1.29, 1.82) is 0 Å². The SMILES string of the molecule is CN(CCS(=O)(=O)NC(=O)Nc1c2c(cc3c1CCC3)CCC2)C1CC1. The van der Waals surface area contributed by atoms with E-state index in [-0.39, 0.29) is 5.75 Å². The summed E-state index contributed by atoms with van der Waals surface area (Å²) in [6.07, 6.45) is 8.47. The molecule has 0 aromatic heterocycles. The summed E-state index contributed by atoms with van der Waals surface area (Å²) in [7, 11) is -1.70. The number of carbonyl (C=O) groups is 1. The summed E-state index contributed by atoms with van der Waals surface area (Å²) in [6, 6.07) is 2.17. The smallest absolute Gasteiger partial charge is 0.307 e. The first kappa shape index (κ1) is 17.8. The van der Waals surface area contributed by atoms with E-state index in [9.17, 15) is 13.2 Å². The molecule has 6 nitrogen and oxygen atoms in total. The summed E-state index contributed by atoms with van der Waals surface area (Å²) < 4.78 is 26.7. The van der Waals surface area contributed by atoms with Gasteiger partial charge in [-0.1, -0.05) is 6.07 Å². The van der Waals surface area contributed by atoms with Crippen molar-refractivity contribution in [2.45, 2.75) is 57.4 Å². The van der Waals surface area contributed by atoms with E-state index in [1.807, 2.05) is 11.9 Å². The van der Waals surface area contributed by atoms with Gasteiger partial charge in [-0.25, -0.2) is 17.9 Å². The minimum Gasteiger partial charge on any atom is -0.307 e. The molecule has 1 fully saturated rings. The van der Waals surface area contributed by atoms with E-state index < -0.39 is 16.1 Å². The van der Waals surface area contributed by atoms with E-state index in [0.717, 1.165) is 57.1 Å². The maximum absolute atomic E-state index is 12.4. The summed E-state index contributed by atoms with van der Waals surface area (Å²) >= 11 is 0. The fraction of sp³-hybridized carbons (Fsp3) is 0.632. The average Bonchev–Trinajstić information content (AvgIpc) is 3.14. The molecule has 1 aromatic rings.